The third-order valence-electron chi connectivity index (χ3n) is 4.27. The van der Waals surface area contributed by atoms with Crippen molar-refractivity contribution in [3.63, 3.8) is 0 Å². The minimum Gasteiger partial charge on any atom is -0.382 e. The molecular weight excluding hydrogens is 300 g/mol. The first-order chi connectivity index (χ1) is 9.94. The second-order valence-electron chi connectivity index (χ2n) is 6.61. The minimum atomic E-state index is 0.486. The predicted octanol–water partition coefficient (Wildman–Crippen LogP) is 4.54. The number of aromatic nitrogens is 2. The Bertz CT molecular complexity index is 619. The zero-order chi connectivity index (χ0) is 15.0. The number of nitrogens with one attached hydrogen (secondary N) is 1. The molecule has 1 aliphatic rings. The van der Waals surface area contributed by atoms with Crippen LogP contribution in [0.1, 0.15) is 44.5 Å². The molecule has 2 heterocycles. The molecule has 1 fully saturated rings. The molecule has 0 unspecified atom stereocenters. The maximum atomic E-state index is 6.05. The van der Waals surface area contributed by atoms with Gasteiger partial charge < -0.3 is 11.1 Å². The zero-order valence-electron chi connectivity index (χ0n) is 12.8. The van der Waals surface area contributed by atoms with Crippen LogP contribution in [0.15, 0.2) is 5.38 Å². The maximum absolute atomic E-state index is 6.05. The van der Waals surface area contributed by atoms with Gasteiger partial charge >= 0.3 is 0 Å². The van der Waals surface area contributed by atoms with Gasteiger partial charge in [0, 0.05) is 11.4 Å². The number of thiazole rings is 1. The first-order valence-corrected chi connectivity index (χ1v) is 9.04. The van der Waals surface area contributed by atoms with Crippen LogP contribution in [0.5, 0.6) is 0 Å². The molecule has 2 aromatic heterocycles. The first-order valence-electron chi connectivity index (χ1n) is 7.39. The smallest absolute Gasteiger partial charge is 0.148 e. The van der Waals surface area contributed by atoms with Crippen molar-refractivity contribution in [3.8, 4) is 11.3 Å². The van der Waals surface area contributed by atoms with Gasteiger partial charge in [0.05, 0.1) is 16.3 Å². The van der Waals surface area contributed by atoms with E-state index in [2.05, 4.69) is 33.9 Å². The molecule has 0 amide bonds. The van der Waals surface area contributed by atoms with Gasteiger partial charge in [-0.2, -0.15) is 4.37 Å². The highest BCUT2D eigenvalue weighted by Gasteiger charge is 2.28. The van der Waals surface area contributed by atoms with E-state index in [1.54, 1.807) is 11.3 Å². The van der Waals surface area contributed by atoms with Crippen molar-refractivity contribution in [1.82, 2.24) is 9.36 Å². The van der Waals surface area contributed by atoms with E-state index in [4.69, 9.17) is 5.73 Å². The molecule has 1 saturated carbocycles. The van der Waals surface area contributed by atoms with E-state index in [0.717, 1.165) is 21.3 Å². The highest BCUT2D eigenvalue weighted by Crippen LogP contribution is 2.40. The van der Waals surface area contributed by atoms with Gasteiger partial charge in [0.1, 0.15) is 10.8 Å². The highest BCUT2D eigenvalue weighted by atomic mass is 32.1. The first kappa shape index (κ1) is 14.8. The van der Waals surface area contributed by atoms with E-state index in [-0.39, 0.29) is 0 Å². The zero-order valence-corrected chi connectivity index (χ0v) is 14.4. The van der Waals surface area contributed by atoms with Gasteiger partial charge in [0.2, 0.25) is 0 Å². The molecule has 0 bridgehead atoms. The van der Waals surface area contributed by atoms with Crippen molar-refractivity contribution in [1.29, 1.82) is 0 Å². The fourth-order valence-corrected chi connectivity index (χ4v) is 4.26. The number of hydrogen-bond acceptors (Lipinski definition) is 6. The molecule has 21 heavy (non-hydrogen) atoms. The summed E-state index contributed by atoms with van der Waals surface area (Å²) in [4.78, 5) is 4.56. The van der Waals surface area contributed by atoms with Gasteiger partial charge in [0.15, 0.2) is 0 Å². The second-order valence-corrected chi connectivity index (χ2v) is 8.44. The Kier molecular flexibility index (Phi) is 3.92. The Morgan fingerprint density at radius 1 is 1.33 bits per heavy atom. The summed E-state index contributed by atoms with van der Waals surface area (Å²) < 4.78 is 4.32. The molecule has 114 valence electrons. The average Bonchev–Trinajstić information content (AvgIpc) is 2.99. The van der Waals surface area contributed by atoms with E-state index >= 15 is 0 Å². The van der Waals surface area contributed by atoms with Crippen LogP contribution in [0, 0.1) is 12.3 Å². The molecular formula is C15H22N4S2. The Morgan fingerprint density at radius 2 is 2.05 bits per heavy atom. The lowest BCUT2D eigenvalue weighted by molar-refractivity contribution is 0.232. The van der Waals surface area contributed by atoms with Crippen LogP contribution in [0.4, 0.5) is 10.8 Å². The molecule has 6 heteroatoms. The van der Waals surface area contributed by atoms with Gasteiger partial charge in [-0.15, -0.1) is 11.3 Å². The van der Waals surface area contributed by atoms with Crippen LogP contribution in [0.3, 0.4) is 0 Å². The largest absolute Gasteiger partial charge is 0.382 e. The van der Waals surface area contributed by atoms with Crippen molar-refractivity contribution in [2.24, 2.45) is 5.41 Å². The van der Waals surface area contributed by atoms with E-state index in [9.17, 15) is 0 Å². The molecule has 3 rings (SSSR count). The summed E-state index contributed by atoms with van der Waals surface area (Å²) in [5.74, 6) is 0.587. The quantitative estimate of drug-likeness (QED) is 0.871. The van der Waals surface area contributed by atoms with Crippen LogP contribution >= 0.6 is 22.9 Å². The van der Waals surface area contributed by atoms with Gasteiger partial charge in [-0.1, -0.05) is 13.8 Å². The predicted molar refractivity (Wildman–Crippen MR) is 92.0 cm³/mol. The summed E-state index contributed by atoms with van der Waals surface area (Å²) in [6.45, 7) is 6.73. The van der Waals surface area contributed by atoms with Crippen LogP contribution in [-0.4, -0.2) is 15.4 Å². The van der Waals surface area contributed by atoms with Crippen molar-refractivity contribution in [2.45, 2.75) is 52.5 Å². The highest BCUT2D eigenvalue weighted by molar-refractivity contribution is 7.11. The third kappa shape index (κ3) is 3.21. The number of anilines is 2. The number of nitrogen functional groups attached to an aromatic ring is 1. The summed E-state index contributed by atoms with van der Waals surface area (Å²) in [6.07, 6.45) is 4.95. The number of nitrogens with zero attached hydrogens (tertiary/aromatic N) is 2. The minimum absolute atomic E-state index is 0.486. The molecule has 3 N–H and O–H groups in total. The molecule has 0 aliphatic heterocycles. The third-order valence-corrected chi connectivity index (χ3v) is 5.83. The van der Waals surface area contributed by atoms with Crippen LogP contribution in [0.2, 0.25) is 0 Å². The Hall–Kier alpha value is -1.14. The van der Waals surface area contributed by atoms with Crippen LogP contribution in [-0.2, 0) is 0 Å². The molecule has 0 radical (unpaired) electrons. The molecule has 4 nitrogen and oxygen atoms in total. The monoisotopic (exact) mass is 322 g/mol. The van der Waals surface area contributed by atoms with Gasteiger partial charge in [-0.05, 0) is 49.6 Å². The summed E-state index contributed by atoms with van der Waals surface area (Å²) in [7, 11) is 0. The average molecular weight is 323 g/mol. The molecule has 0 spiro atoms. The van der Waals surface area contributed by atoms with E-state index in [1.807, 2.05) is 6.92 Å². The van der Waals surface area contributed by atoms with Crippen molar-refractivity contribution in [3.05, 3.63) is 10.4 Å². The SMILES string of the molecule is Cc1nc(-c2c(N)nsc2NC2CCC(C)(C)CC2)cs1. The topological polar surface area (TPSA) is 63.8 Å². The van der Waals surface area contributed by atoms with Gasteiger partial charge in [0.25, 0.3) is 0 Å². The Morgan fingerprint density at radius 3 is 2.67 bits per heavy atom. The number of rotatable bonds is 3. The number of nitrogens with two attached hydrogens (primary N) is 1. The fraction of sp³-hybridized carbons (Fsp3) is 0.600. The van der Waals surface area contributed by atoms with E-state index in [1.165, 1.54) is 37.2 Å². The number of aryl methyl sites for hydroxylation is 1. The summed E-state index contributed by atoms with van der Waals surface area (Å²) >= 11 is 3.10. The Labute approximate surface area is 134 Å². The summed E-state index contributed by atoms with van der Waals surface area (Å²) in [5.41, 5.74) is 8.47. The molecule has 0 atom stereocenters. The van der Waals surface area contributed by atoms with E-state index in [0.29, 0.717) is 17.3 Å². The Balaban J connectivity index is 1.78. The summed E-state index contributed by atoms with van der Waals surface area (Å²) in [5, 5.41) is 7.84. The van der Waals surface area contributed by atoms with Gasteiger partial charge in [-0.3, -0.25) is 0 Å². The molecule has 2 aromatic rings. The second kappa shape index (κ2) is 5.57. The van der Waals surface area contributed by atoms with E-state index < -0.39 is 0 Å². The summed E-state index contributed by atoms with van der Waals surface area (Å²) in [6, 6.07) is 0.524. The maximum Gasteiger partial charge on any atom is 0.148 e. The lowest BCUT2D eigenvalue weighted by Gasteiger charge is -2.34. The lowest BCUT2D eigenvalue weighted by atomic mass is 9.75. The van der Waals surface area contributed by atoms with Crippen molar-refractivity contribution >= 4 is 33.7 Å². The van der Waals surface area contributed by atoms with Crippen molar-refractivity contribution in [2.75, 3.05) is 11.1 Å². The number of hydrogen-bond donors (Lipinski definition) is 2. The molecule has 0 aromatic carbocycles. The van der Waals surface area contributed by atoms with Crippen LogP contribution in [0.25, 0.3) is 11.3 Å². The van der Waals surface area contributed by atoms with Crippen LogP contribution < -0.4 is 11.1 Å². The fourth-order valence-electron chi connectivity index (χ4n) is 2.86. The normalized spacial score (nSPS) is 18.8. The van der Waals surface area contributed by atoms with Crippen molar-refractivity contribution < 1.29 is 0 Å². The molecule has 0 saturated heterocycles. The molecule has 1 aliphatic carbocycles. The standard InChI is InChI=1S/C15H22N4S2/c1-9-17-11(8-20-9)12-13(16)19-21-14(12)18-10-4-6-15(2,3)7-5-10/h8,10,18H,4-7H2,1-3H3,(H2,16,19). The lowest BCUT2D eigenvalue weighted by Crippen LogP contribution is -2.29. The van der Waals surface area contributed by atoms with Gasteiger partial charge in [-0.25, -0.2) is 4.98 Å².